The first-order chi connectivity index (χ1) is 19.1. The van der Waals surface area contributed by atoms with Gasteiger partial charge in [-0.15, -0.1) is 0 Å². The van der Waals surface area contributed by atoms with Crippen molar-refractivity contribution in [3.8, 4) is 0 Å². The van der Waals surface area contributed by atoms with E-state index in [1.165, 1.54) is 12.1 Å². The van der Waals surface area contributed by atoms with E-state index >= 15 is 0 Å². The van der Waals surface area contributed by atoms with Crippen molar-refractivity contribution in [2.75, 3.05) is 31.6 Å². The first-order valence-corrected chi connectivity index (χ1v) is 14.8. The van der Waals surface area contributed by atoms with Gasteiger partial charge in [0.15, 0.2) is 0 Å². The lowest BCUT2D eigenvalue weighted by Gasteiger charge is -2.29. The number of rotatable bonds is 10. The lowest BCUT2D eigenvalue weighted by molar-refractivity contribution is -0.0436. The van der Waals surface area contributed by atoms with Crippen molar-refractivity contribution in [2.24, 2.45) is 5.92 Å². The van der Waals surface area contributed by atoms with Crippen LogP contribution in [0.4, 0.5) is 23.7 Å². The molecule has 2 amide bonds. The number of benzene rings is 3. The predicted octanol–water partition coefficient (Wildman–Crippen LogP) is 6.85. The monoisotopic (exact) mass is 574 g/mol. The van der Waals surface area contributed by atoms with Gasteiger partial charge in [0.05, 0.1) is 4.90 Å². The Morgan fingerprint density at radius 3 is 2.08 bits per heavy atom. The number of hydrogen-bond donors (Lipinski definition) is 1. The number of alkyl halides is 3. The van der Waals surface area contributed by atoms with E-state index in [1.54, 1.807) is 4.90 Å². The number of hydrogen-bond acceptors (Lipinski definition) is 4. The number of carbonyl (C=O) groups excluding carboxylic acids is 1. The van der Waals surface area contributed by atoms with Gasteiger partial charge in [0, 0.05) is 37.9 Å². The number of anilines is 1. The number of nitrogens with zero attached hydrogens (tertiary/aromatic N) is 1. The Morgan fingerprint density at radius 1 is 0.900 bits per heavy atom. The molecule has 1 aliphatic rings. The summed E-state index contributed by atoms with van der Waals surface area (Å²) in [6.45, 7) is 2.21. The molecule has 3 aromatic carbocycles. The molecule has 1 saturated heterocycles. The third kappa shape index (κ3) is 7.63. The average molecular weight is 575 g/mol. The molecule has 1 fully saturated rings. The number of carbonyl (C=O) groups is 1. The third-order valence-electron chi connectivity index (χ3n) is 7.23. The van der Waals surface area contributed by atoms with Gasteiger partial charge in [0.25, 0.3) is 9.84 Å². The Balaban J connectivity index is 1.53. The van der Waals surface area contributed by atoms with Crippen molar-refractivity contribution in [3.63, 3.8) is 0 Å². The average Bonchev–Trinajstić information content (AvgIpc) is 2.96. The molecule has 6 nitrogen and oxygen atoms in total. The minimum Gasteiger partial charge on any atom is -0.381 e. The zero-order valence-corrected chi connectivity index (χ0v) is 22.8. The summed E-state index contributed by atoms with van der Waals surface area (Å²) in [5.74, 6) is 0.435. The largest absolute Gasteiger partial charge is 0.501 e. The smallest absolute Gasteiger partial charge is 0.381 e. The second kappa shape index (κ2) is 13.3. The van der Waals surface area contributed by atoms with Crippen LogP contribution in [-0.4, -0.2) is 51.2 Å². The van der Waals surface area contributed by atoms with Crippen molar-refractivity contribution in [2.45, 2.75) is 42.0 Å². The topological polar surface area (TPSA) is 75.7 Å². The molecule has 0 unspecified atom stereocenters. The Kier molecular flexibility index (Phi) is 9.86. The van der Waals surface area contributed by atoms with Crippen molar-refractivity contribution < 1.29 is 31.1 Å². The molecule has 0 radical (unpaired) electrons. The summed E-state index contributed by atoms with van der Waals surface area (Å²) in [5, 5.41) is 2.63. The summed E-state index contributed by atoms with van der Waals surface area (Å²) in [5.41, 5.74) is -3.23. The number of sulfone groups is 1. The molecule has 0 saturated carbocycles. The number of ether oxygens (including phenoxy) is 1. The molecule has 0 bridgehead atoms. The Morgan fingerprint density at radius 2 is 1.50 bits per heavy atom. The predicted molar refractivity (Wildman–Crippen MR) is 148 cm³/mol. The van der Waals surface area contributed by atoms with Crippen LogP contribution >= 0.6 is 0 Å². The number of halogens is 3. The van der Waals surface area contributed by atoms with Crippen LogP contribution in [0.25, 0.3) is 0 Å². The van der Waals surface area contributed by atoms with Crippen LogP contribution in [0.1, 0.15) is 42.7 Å². The molecular weight excluding hydrogens is 541 g/mol. The zero-order valence-electron chi connectivity index (χ0n) is 22.0. The molecule has 4 rings (SSSR count). The van der Waals surface area contributed by atoms with E-state index in [2.05, 4.69) is 29.6 Å². The second-order valence-electron chi connectivity index (χ2n) is 9.90. The highest BCUT2D eigenvalue weighted by Gasteiger charge is 2.46. The first kappa shape index (κ1) is 29.6. The number of amides is 2. The summed E-state index contributed by atoms with van der Waals surface area (Å²) in [4.78, 5) is 14.2. The maximum absolute atomic E-state index is 13.4. The van der Waals surface area contributed by atoms with Gasteiger partial charge in [0.1, 0.15) is 0 Å². The molecule has 3 aromatic rings. The molecule has 0 aliphatic carbocycles. The fraction of sp³-hybridized carbons (Fsp3) is 0.367. The quantitative estimate of drug-likeness (QED) is 0.287. The van der Waals surface area contributed by atoms with Crippen LogP contribution < -0.4 is 5.32 Å². The van der Waals surface area contributed by atoms with Gasteiger partial charge in [-0.3, -0.25) is 0 Å². The van der Waals surface area contributed by atoms with Crippen LogP contribution in [0.15, 0.2) is 89.8 Å². The third-order valence-corrected chi connectivity index (χ3v) is 8.71. The minimum absolute atomic E-state index is 0.0194. The first-order valence-electron chi connectivity index (χ1n) is 13.3. The van der Waals surface area contributed by atoms with Gasteiger partial charge in [-0.2, -0.15) is 13.2 Å². The maximum Gasteiger partial charge on any atom is 0.501 e. The van der Waals surface area contributed by atoms with Gasteiger partial charge in [-0.25, -0.2) is 13.2 Å². The van der Waals surface area contributed by atoms with Crippen LogP contribution in [0, 0.1) is 5.92 Å². The highest BCUT2D eigenvalue weighted by atomic mass is 32.2. The standard InChI is InChI=1S/C30H33F3N2O4S/c31-30(32,33)40(37,38)27-13-7-12-26(22-27)34-29(36)35(18-14-23-16-20-39-21-17-23)19-15-28(24-8-3-1-4-9-24)25-10-5-2-6-11-25/h1-13,22-23,28H,14-21H2,(H,34,36). The Labute approximate surface area is 233 Å². The lowest BCUT2D eigenvalue weighted by atomic mass is 9.88. The second-order valence-corrected chi connectivity index (χ2v) is 11.8. The van der Waals surface area contributed by atoms with E-state index in [9.17, 15) is 26.4 Å². The van der Waals surface area contributed by atoms with Crippen molar-refractivity contribution >= 4 is 21.6 Å². The van der Waals surface area contributed by atoms with E-state index < -0.39 is 26.3 Å². The van der Waals surface area contributed by atoms with Gasteiger partial charge in [-0.1, -0.05) is 66.7 Å². The van der Waals surface area contributed by atoms with Gasteiger partial charge < -0.3 is 15.0 Å². The molecule has 10 heteroatoms. The highest BCUT2D eigenvalue weighted by molar-refractivity contribution is 7.92. The van der Waals surface area contributed by atoms with Crippen LogP contribution in [0.2, 0.25) is 0 Å². The normalized spacial score (nSPS) is 14.7. The van der Waals surface area contributed by atoms with Gasteiger partial charge in [-0.05, 0) is 60.9 Å². The van der Waals surface area contributed by atoms with Crippen molar-refractivity contribution in [1.29, 1.82) is 0 Å². The van der Waals surface area contributed by atoms with Crippen LogP contribution in [0.3, 0.4) is 0 Å². The molecule has 0 aromatic heterocycles. The highest BCUT2D eigenvalue weighted by Crippen LogP contribution is 2.32. The van der Waals surface area contributed by atoms with Gasteiger partial charge >= 0.3 is 11.5 Å². The van der Waals surface area contributed by atoms with E-state index in [-0.39, 0.29) is 11.6 Å². The number of nitrogens with one attached hydrogen (secondary N) is 1. The Bertz CT molecular complexity index is 1310. The molecule has 1 N–H and O–H groups in total. The SMILES string of the molecule is O=C(Nc1cccc(S(=O)(=O)C(F)(F)F)c1)N(CCC1CCOCC1)CCC(c1ccccc1)c1ccccc1. The Hall–Kier alpha value is -3.37. The maximum atomic E-state index is 13.4. The fourth-order valence-corrected chi connectivity index (χ4v) is 5.75. The van der Waals surface area contributed by atoms with Gasteiger partial charge in [0.2, 0.25) is 0 Å². The molecule has 0 spiro atoms. The molecule has 0 atom stereocenters. The molecular formula is C30H33F3N2O4S. The molecule has 40 heavy (non-hydrogen) atoms. The van der Waals surface area contributed by atoms with E-state index in [4.69, 9.17) is 4.74 Å². The summed E-state index contributed by atoms with van der Waals surface area (Å²) in [6, 6.07) is 23.8. The van der Waals surface area contributed by atoms with Crippen molar-refractivity contribution in [3.05, 3.63) is 96.1 Å². The van der Waals surface area contributed by atoms with E-state index in [0.717, 1.165) is 42.5 Å². The van der Waals surface area contributed by atoms with Crippen LogP contribution in [-0.2, 0) is 14.6 Å². The van der Waals surface area contributed by atoms with Crippen molar-refractivity contribution in [1.82, 2.24) is 4.90 Å². The van der Waals surface area contributed by atoms with E-state index in [1.807, 2.05) is 36.4 Å². The minimum atomic E-state index is -5.54. The lowest BCUT2D eigenvalue weighted by Crippen LogP contribution is -2.38. The fourth-order valence-electron chi connectivity index (χ4n) is 4.95. The number of urea groups is 1. The molecule has 214 valence electrons. The van der Waals surface area contributed by atoms with E-state index in [0.29, 0.717) is 38.6 Å². The summed E-state index contributed by atoms with van der Waals surface area (Å²) in [7, 11) is -5.54. The van der Waals surface area contributed by atoms with Crippen LogP contribution in [0.5, 0.6) is 0 Å². The molecule has 1 heterocycles. The molecule has 1 aliphatic heterocycles. The zero-order chi connectivity index (χ0) is 28.6. The summed E-state index contributed by atoms with van der Waals surface area (Å²) in [6.07, 6.45) is 3.20. The summed E-state index contributed by atoms with van der Waals surface area (Å²) < 4.78 is 68.5. The summed E-state index contributed by atoms with van der Waals surface area (Å²) >= 11 is 0.